The molecule has 0 aliphatic heterocycles. The Morgan fingerprint density at radius 2 is 1.79 bits per heavy atom. The summed E-state index contributed by atoms with van der Waals surface area (Å²) in [5.41, 5.74) is 1.99. The van der Waals surface area contributed by atoms with Crippen molar-refractivity contribution in [1.29, 1.82) is 0 Å². The SMILES string of the molecule is CC(C)CC(C)N(C)c1cc(CO)cc(C(C)C)n1. The summed E-state index contributed by atoms with van der Waals surface area (Å²) in [4.78, 5) is 6.94. The van der Waals surface area contributed by atoms with E-state index in [0.717, 1.165) is 23.5 Å². The summed E-state index contributed by atoms with van der Waals surface area (Å²) in [5.74, 6) is 2.01. The largest absolute Gasteiger partial charge is 0.392 e. The summed E-state index contributed by atoms with van der Waals surface area (Å²) in [7, 11) is 2.08. The van der Waals surface area contributed by atoms with Gasteiger partial charge in [0.05, 0.1) is 6.61 Å². The average molecular weight is 264 g/mol. The number of hydrogen-bond donors (Lipinski definition) is 1. The van der Waals surface area contributed by atoms with E-state index in [1.54, 1.807) is 0 Å². The fourth-order valence-electron chi connectivity index (χ4n) is 2.23. The van der Waals surface area contributed by atoms with Crippen molar-refractivity contribution in [3.8, 4) is 0 Å². The monoisotopic (exact) mass is 264 g/mol. The van der Waals surface area contributed by atoms with Crippen molar-refractivity contribution >= 4 is 5.82 Å². The second-order valence-corrected chi connectivity index (χ2v) is 6.16. The van der Waals surface area contributed by atoms with Crippen LogP contribution in [0.4, 0.5) is 5.82 Å². The molecule has 1 aromatic heterocycles. The summed E-state index contributed by atoms with van der Waals surface area (Å²) in [6.07, 6.45) is 1.14. The molecule has 0 spiro atoms. The molecule has 3 heteroatoms. The van der Waals surface area contributed by atoms with Gasteiger partial charge in [-0.3, -0.25) is 0 Å². The molecule has 1 aromatic rings. The van der Waals surface area contributed by atoms with E-state index in [9.17, 15) is 5.11 Å². The zero-order chi connectivity index (χ0) is 14.6. The highest BCUT2D eigenvalue weighted by Crippen LogP contribution is 2.22. The van der Waals surface area contributed by atoms with Crippen LogP contribution in [0.15, 0.2) is 12.1 Å². The lowest BCUT2D eigenvalue weighted by Crippen LogP contribution is -2.31. The summed E-state index contributed by atoms with van der Waals surface area (Å²) >= 11 is 0. The van der Waals surface area contributed by atoms with E-state index in [1.165, 1.54) is 0 Å². The van der Waals surface area contributed by atoms with Crippen LogP contribution in [-0.2, 0) is 6.61 Å². The van der Waals surface area contributed by atoms with Gasteiger partial charge in [0.25, 0.3) is 0 Å². The maximum Gasteiger partial charge on any atom is 0.129 e. The van der Waals surface area contributed by atoms with Crippen molar-refractivity contribution in [3.63, 3.8) is 0 Å². The topological polar surface area (TPSA) is 36.4 Å². The number of aliphatic hydroxyl groups excluding tert-OH is 1. The minimum absolute atomic E-state index is 0.0711. The molecule has 1 heterocycles. The highest BCUT2D eigenvalue weighted by atomic mass is 16.3. The number of pyridine rings is 1. The quantitative estimate of drug-likeness (QED) is 0.853. The first-order valence-electron chi connectivity index (χ1n) is 7.19. The van der Waals surface area contributed by atoms with E-state index in [-0.39, 0.29) is 6.61 Å². The Bertz CT molecular complexity index is 402. The van der Waals surface area contributed by atoms with Crippen LogP contribution in [0.3, 0.4) is 0 Å². The van der Waals surface area contributed by atoms with Crippen molar-refractivity contribution < 1.29 is 5.11 Å². The number of rotatable bonds is 6. The van der Waals surface area contributed by atoms with Gasteiger partial charge in [0.1, 0.15) is 5.82 Å². The molecule has 0 aliphatic rings. The number of aromatic nitrogens is 1. The predicted octanol–water partition coefficient (Wildman–Crippen LogP) is 3.57. The molecule has 0 saturated carbocycles. The van der Waals surface area contributed by atoms with Crippen molar-refractivity contribution in [2.75, 3.05) is 11.9 Å². The number of aliphatic hydroxyl groups is 1. The molecule has 0 bridgehead atoms. The molecule has 1 unspecified atom stereocenters. The molecule has 0 aliphatic carbocycles. The van der Waals surface area contributed by atoms with Gasteiger partial charge in [-0.2, -0.15) is 0 Å². The first kappa shape index (κ1) is 16.0. The van der Waals surface area contributed by atoms with Crippen molar-refractivity contribution in [2.24, 2.45) is 5.92 Å². The number of nitrogens with zero attached hydrogens (tertiary/aromatic N) is 2. The van der Waals surface area contributed by atoms with E-state index < -0.39 is 0 Å². The Kier molecular flexibility index (Phi) is 5.80. The molecular weight excluding hydrogens is 236 g/mol. The zero-order valence-corrected chi connectivity index (χ0v) is 13.1. The Labute approximate surface area is 117 Å². The molecule has 1 rings (SSSR count). The van der Waals surface area contributed by atoms with Crippen molar-refractivity contribution in [2.45, 2.75) is 59.6 Å². The molecule has 1 atom stereocenters. The number of anilines is 1. The molecule has 1 N–H and O–H groups in total. The second-order valence-electron chi connectivity index (χ2n) is 6.16. The molecule has 3 nitrogen and oxygen atoms in total. The van der Waals surface area contributed by atoms with E-state index in [4.69, 9.17) is 4.98 Å². The first-order chi connectivity index (χ1) is 8.85. The van der Waals surface area contributed by atoms with Gasteiger partial charge in [-0.25, -0.2) is 4.98 Å². The molecule has 0 radical (unpaired) electrons. The Balaban J connectivity index is 3.01. The summed E-state index contributed by atoms with van der Waals surface area (Å²) in [6.45, 7) is 11.0. The van der Waals surface area contributed by atoms with Crippen LogP contribution < -0.4 is 4.90 Å². The Morgan fingerprint density at radius 3 is 2.26 bits per heavy atom. The van der Waals surface area contributed by atoms with Crippen LogP contribution in [0.1, 0.15) is 58.2 Å². The van der Waals surface area contributed by atoms with Gasteiger partial charge in [-0.15, -0.1) is 0 Å². The smallest absolute Gasteiger partial charge is 0.129 e. The fraction of sp³-hybridized carbons (Fsp3) is 0.688. The van der Waals surface area contributed by atoms with Gasteiger partial charge in [-0.1, -0.05) is 27.7 Å². The van der Waals surface area contributed by atoms with E-state index in [2.05, 4.69) is 46.6 Å². The lowest BCUT2D eigenvalue weighted by molar-refractivity contribution is 0.281. The first-order valence-corrected chi connectivity index (χ1v) is 7.19. The van der Waals surface area contributed by atoms with Crippen molar-refractivity contribution in [1.82, 2.24) is 4.98 Å². The van der Waals surface area contributed by atoms with Gasteiger partial charge < -0.3 is 10.0 Å². The van der Waals surface area contributed by atoms with Crippen LogP contribution in [-0.4, -0.2) is 23.2 Å². The highest BCUT2D eigenvalue weighted by molar-refractivity contribution is 5.43. The van der Waals surface area contributed by atoms with E-state index in [1.807, 2.05) is 12.1 Å². The maximum atomic E-state index is 9.39. The third kappa shape index (κ3) is 4.50. The Morgan fingerprint density at radius 1 is 1.16 bits per heavy atom. The molecule has 0 fully saturated rings. The molecule has 19 heavy (non-hydrogen) atoms. The number of hydrogen-bond acceptors (Lipinski definition) is 3. The lowest BCUT2D eigenvalue weighted by Gasteiger charge is -2.28. The molecular formula is C16H28N2O. The second kappa shape index (κ2) is 6.90. The van der Waals surface area contributed by atoms with Gasteiger partial charge in [0.2, 0.25) is 0 Å². The minimum atomic E-state index is 0.0711. The van der Waals surface area contributed by atoms with E-state index >= 15 is 0 Å². The standard InChI is InChI=1S/C16H28N2O/c1-11(2)7-13(5)18(6)16-9-14(10-19)8-15(17-16)12(3)4/h8-9,11-13,19H,7,10H2,1-6H3. The fourth-order valence-corrected chi connectivity index (χ4v) is 2.23. The van der Waals surface area contributed by atoms with Crippen LogP contribution in [0.2, 0.25) is 0 Å². The molecule has 108 valence electrons. The average Bonchev–Trinajstić information content (AvgIpc) is 2.36. The predicted molar refractivity (Wildman–Crippen MR) is 81.6 cm³/mol. The van der Waals surface area contributed by atoms with Crippen molar-refractivity contribution in [3.05, 3.63) is 23.4 Å². The van der Waals surface area contributed by atoms with Crippen LogP contribution >= 0.6 is 0 Å². The lowest BCUT2D eigenvalue weighted by atomic mass is 10.0. The normalized spacial score (nSPS) is 13.1. The highest BCUT2D eigenvalue weighted by Gasteiger charge is 2.15. The molecule has 0 saturated heterocycles. The molecule has 0 amide bonds. The van der Waals surface area contributed by atoms with Gasteiger partial charge in [-0.05, 0) is 42.9 Å². The van der Waals surface area contributed by atoms with Gasteiger partial charge in [0.15, 0.2) is 0 Å². The third-order valence-corrected chi connectivity index (χ3v) is 3.50. The molecule has 0 aromatic carbocycles. The van der Waals surface area contributed by atoms with E-state index in [0.29, 0.717) is 17.9 Å². The minimum Gasteiger partial charge on any atom is -0.392 e. The summed E-state index contributed by atoms with van der Waals surface area (Å²) < 4.78 is 0. The summed E-state index contributed by atoms with van der Waals surface area (Å²) in [6, 6.07) is 4.43. The zero-order valence-electron chi connectivity index (χ0n) is 13.1. The Hall–Kier alpha value is -1.09. The third-order valence-electron chi connectivity index (χ3n) is 3.50. The van der Waals surface area contributed by atoms with Crippen LogP contribution in [0.25, 0.3) is 0 Å². The van der Waals surface area contributed by atoms with Gasteiger partial charge >= 0.3 is 0 Å². The maximum absolute atomic E-state index is 9.39. The van der Waals surface area contributed by atoms with Gasteiger partial charge in [0, 0.05) is 18.8 Å². The summed E-state index contributed by atoms with van der Waals surface area (Å²) in [5, 5.41) is 9.39. The van der Waals surface area contributed by atoms with Crippen LogP contribution in [0, 0.1) is 5.92 Å². The van der Waals surface area contributed by atoms with Crippen LogP contribution in [0.5, 0.6) is 0 Å².